The number of amides is 1. The minimum absolute atomic E-state index is 0.216. The molecule has 5 rings (SSSR count). The van der Waals surface area contributed by atoms with Gasteiger partial charge < -0.3 is 5.32 Å². The Balaban J connectivity index is 1.41. The van der Waals surface area contributed by atoms with Crippen molar-refractivity contribution in [3.05, 3.63) is 86.6 Å². The number of hydrogen-bond acceptors (Lipinski definition) is 5. The maximum atomic E-state index is 13.0. The van der Waals surface area contributed by atoms with Crippen LogP contribution in [0.15, 0.2) is 60.4 Å². The van der Waals surface area contributed by atoms with E-state index < -0.39 is 5.91 Å². The number of fused-ring (bicyclic) bond motifs is 1. The Morgan fingerprint density at radius 3 is 2.62 bits per heavy atom. The van der Waals surface area contributed by atoms with E-state index in [-0.39, 0.29) is 10.8 Å². The predicted octanol–water partition coefficient (Wildman–Crippen LogP) is 5.92. The molecule has 0 fully saturated rings. The van der Waals surface area contributed by atoms with Crippen LogP contribution in [0.3, 0.4) is 0 Å². The number of hydrogen-bond donors (Lipinski definition) is 1. The van der Waals surface area contributed by atoms with E-state index in [4.69, 9.17) is 34.8 Å². The smallest absolute Gasteiger partial charge is 0.262 e. The lowest BCUT2D eigenvalue weighted by Gasteiger charge is -2.07. The average molecular weight is 504 g/mol. The SMILES string of the molecule is O=C(Nc1nn(Cc2c(Cl)cccc2Cl)cc1Cl)c1cnn2c(-c3cccs3)ccnc12. The van der Waals surface area contributed by atoms with Crippen molar-refractivity contribution in [1.82, 2.24) is 24.4 Å². The number of halogens is 3. The number of rotatable bonds is 5. The molecule has 0 spiro atoms. The van der Waals surface area contributed by atoms with Crippen LogP contribution in [0.1, 0.15) is 15.9 Å². The summed E-state index contributed by atoms with van der Waals surface area (Å²) in [4.78, 5) is 18.3. The minimum atomic E-state index is -0.418. The number of anilines is 1. The second kappa shape index (κ2) is 8.55. The summed E-state index contributed by atoms with van der Waals surface area (Å²) >= 11 is 20.4. The van der Waals surface area contributed by atoms with Crippen LogP contribution >= 0.6 is 46.1 Å². The van der Waals surface area contributed by atoms with Crippen LogP contribution in [0.25, 0.3) is 16.2 Å². The van der Waals surface area contributed by atoms with E-state index >= 15 is 0 Å². The lowest BCUT2D eigenvalue weighted by atomic mass is 10.2. The van der Waals surface area contributed by atoms with Crippen LogP contribution in [0.2, 0.25) is 15.1 Å². The summed E-state index contributed by atoms with van der Waals surface area (Å²) < 4.78 is 3.20. The maximum Gasteiger partial charge on any atom is 0.262 e. The summed E-state index contributed by atoms with van der Waals surface area (Å²) in [6.45, 7) is 0.302. The van der Waals surface area contributed by atoms with Gasteiger partial charge in [-0.15, -0.1) is 11.3 Å². The molecule has 0 unspecified atom stereocenters. The van der Waals surface area contributed by atoms with E-state index in [1.807, 2.05) is 23.6 Å². The predicted molar refractivity (Wildman–Crippen MR) is 127 cm³/mol. The molecule has 160 valence electrons. The number of aromatic nitrogens is 5. The highest BCUT2D eigenvalue weighted by Crippen LogP contribution is 2.28. The van der Waals surface area contributed by atoms with Crippen molar-refractivity contribution in [1.29, 1.82) is 0 Å². The monoisotopic (exact) mass is 502 g/mol. The molecule has 11 heteroatoms. The quantitative estimate of drug-likeness (QED) is 0.323. The number of benzene rings is 1. The van der Waals surface area contributed by atoms with Crippen LogP contribution in [-0.4, -0.2) is 30.3 Å². The molecule has 0 aliphatic heterocycles. The summed E-state index contributed by atoms with van der Waals surface area (Å²) in [5, 5.41) is 14.8. The number of nitrogens with one attached hydrogen (secondary N) is 1. The van der Waals surface area contributed by atoms with E-state index in [2.05, 4.69) is 20.5 Å². The Morgan fingerprint density at radius 2 is 1.88 bits per heavy atom. The summed E-state index contributed by atoms with van der Waals surface area (Å²) in [7, 11) is 0. The molecule has 4 aromatic heterocycles. The molecule has 5 aromatic rings. The number of carbonyl (C=O) groups is 1. The minimum Gasteiger partial charge on any atom is -0.304 e. The standard InChI is InChI=1S/C21H13Cl3N6OS/c22-14-3-1-4-15(23)13(14)10-29-11-16(24)19(28-29)27-21(31)12-9-26-30-17(6-7-25-20(12)30)18-5-2-8-32-18/h1-9,11H,10H2,(H,27,28,31). The summed E-state index contributed by atoms with van der Waals surface area (Å²) in [6, 6.07) is 11.1. The van der Waals surface area contributed by atoms with Crippen molar-refractivity contribution in [3.63, 3.8) is 0 Å². The Labute approximate surface area is 201 Å². The second-order valence-electron chi connectivity index (χ2n) is 6.78. The zero-order valence-electron chi connectivity index (χ0n) is 16.2. The van der Waals surface area contributed by atoms with Gasteiger partial charge in [-0.2, -0.15) is 10.2 Å². The van der Waals surface area contributed by atoms with Crippen LogP contribution < -0.4 is 5.32 Å². The van der Waals surface area contributed by atoms with Crippen LogP contribution in [0, 0.1) is 0 Å². The third kappa shape index (κ3) is 3.86. The van der Waals surface area contributed by atoms with Gasteiger partial charge in [0.05, 0.1) is 23.3 Å². The topological polar surface area (TPSA) is 77.1 Å². The molecular formula is C21H13Cl3N6OS. The van der Waals surface area contributed by atoms with Gasteiger partial charge in [-0.1, -0.05) is 46.9 Å². The van der Waals surface area contributed by atoms with Gasteiger partial charge in [0.1, 0.15) is 10.6 Å². The highest BCUT2D eigenvalue weighted by molar-refractivity contribution is 7.13. The lowest BCUT2D eigenvalue weighted by molar-refractivity contribution is 0.102. The van der Waals surface area contributed by atoms with Crippen LogP contribution in [0.5, 0.6) is 0 Å². The summed E-state index contributed by atoms with van der Waals surface area (Å²) in [6.07, 6.45) is 4.72. The van der Waals surface area contributed by atoms with E-state index in [0.29, 0.717) is 33.4 Å². The van der Waals surface area contributed by atoms with Crippen molar-refractivity contribution >= 4 is 63.5 Å². The molecule has 1 amide bonds. The Hall–Kier alpha value is -2.91. The van der Waals surface area contributed by atoms with Crippen molar-refractivity contribution in [2.45, 2.75) is 6.54 Å². The molecule has 1 N–H and O–H groups in total. The fraction of sp³-hybridized carbons (Fsp3) is 0.0476. The number of carbonyl (C=O) groups excluding carboxylic acids is 1. The molecule has 7 nitrogen and oxygen atoms in total. The van der Waals surface area contributed by atoms with Crippen molar-refractivity contribution < 1.29 is 4.79 Å². The normalized spacial score (nSPS) is 11.2. The molecule has 32 heavy (non-hydrogen) atoms. The van der Waals surface area contributed by atoms with Gasteiger partial charge >= 0.3 is 0 Å². The molecule has 0 radical (unpaired) electrons. The van der Waals surface area contributed by atoms with E-state index in [9.17, 15) is 4.79 Å². The zero-order valence-corrected chi connectivity index (χ0v) is 19.3. The molecule has 0 atom stereocenters. The Morgan fingerprint density at radius 1 is 1.06 bits per heavy atom. The highest BCUT2D eigenvalue weighted by atomic mass is 35.5. The number of thiophene rings is 1. The molecule has 1 aromatic carbocycles. The average Bonchev–Trinajstić information content (AvgIpc) is 3.51. The lowest BCUT2D eigenvalue weighted by Crippen LogP contribution is -2.13. The van der Waals surface area contributed by atoms with Crippen LogP contribution in [-0.2, 0) is 6.54 Å². The molecule has 0 aliphatic rings. The summed E-state index contributed by atoms with van der Waals surface area (Å²) in [5.41, 5.74) is 2.30. The van der Waals surface area contributed by atoms with Gasteiger partial charge in [-0.25, -0.2) is 9.50 Å². The Kier molecular flexibility index (Phi) is 5.60. The molecule has 0 aliphatic carbocycles. The first-order valence-electron chi connectivity index (χ1n) is 9.35. The van der Waals surface area contributed by atoms with Gasteiger partial charge in [0.2, 0.25) is 0 Å². The fourth-order valence-electron chi connectivity index (χ4n) is 3.25. The van der Waals surface area contributed by atoms with Gasteiger partial charge in [0.15, 0.2) is 11.5 Å². The molecule has 0 bridgehead atoms. The highest BCUT2D eigenvalue weighted by Gasteiger charge is 2.19. The first-order valence-corrected chi connectivity index (χ1v) is 11.4. The second-order valence-corrected chi connectivity index (χ2v) is 8.95. The van der Waals surface area contributed by atoms with E-state index in [0.717, 1.165) is 10.6 Å². The molecule has 4 heterocycles. The zero-order chi connectivity index (χ0) is 22.2. The van der Waals surface area contributed by atoms with Crippen molar-refractivity contribution in [3.8, 4) is 10.6 Å². The van der Waals surface area contributed by atoms with E-state index in [1.54, 1.807) is 51.1 Å². The summed E-state index contributed by atoms with van der Waals surface area (Å²) in [5.74, 6) is -0.202. The third-order valence-electron chi connectivity index (χ3n) is 4.75. The molecular weight excluding hydrogens is 491 g/mol. The number of nitrogens with zero attached hydrogens (tertiary/aromatic N) is 5. The maximum absolute atomic E-state index is 13.0. The van der Waals surface area contributed by atoms with Crippen molar-refractivity contribution in [2.75, 3.05) is 5.32 Å². The molecule has 0 saturated heterocycles. The van der Waals surface area contributed by atoms with Gasteiger partial charge in [-0.05, 0) is 29.6 Å². The van der Waals surface area contributed by atoms with Gasteiger partial charge in [0, 0.05) is 28.0 Å². The largest absolute Gasteiger partial charge is 0.304 e. The van der Waals surface area contributed by atoms with Crippen LogP contribution in [0.4, 0.5) is 5.82 Å². The fourth-order valence-corrected chi connectivity index (χ4v) is 4.70. The third-order valence-corrected chi connectivity index (χ3v) is 6.63. The first kappa shape index (κ1) is 21.0. The molecule has 0 saturated carbocycles. The van der Waals surface area contributed by atoms with E-state index in [1.165, 1.54) is 6.20 Å². The van der Waals surface area contributed by atoms with Crippen molar-refractivity contribution in [2.24, 2.45) is 0 Å². The van der Waals surface area contributed by atoms with Gasteiger partial charge in [0.25, 0.3) is 5.91 Å². The van der Waals surface area contributed by atoms with Gasteiger partial charge in [-0.3, -0.25) is 9.48 Å². The first-order chi connectivity index (χ1) is 15.5. The Bertz CT molecular complexity index is 1420.